The lowest BCUT2D eigenvalue weighted by molar-refractivity contribution is -0.143. The van der Waals surface area contributed by atoms with Crippen molar-refractivity contribution in [1.82, 2.24) is 5.32 Å². The Morgan fingerprint density at radius 3 is 2.00 bits per heavy atom. The van der Waals surface area contributed by atoms with Crippen LogP contribution in [-0.4, -0.2) is 30.4 Å². The van der Waals surface area contributed by atoms with E-state index in [2.05, 4.69) is 4.74 Å². The Balaban J connectivity index is 3.11. The Hall–Kier alpha value is -3.05. The van der Waals surface area contributed by atoms with Gasteiger partial charge in [0, 0.05) is 11.6 Å². The van der Waals surface area contributed by atoms with E-state index in [1.54, 1.807) is 6.92 Å². The first-order chi connectivity index (χ1) is 13.3. The molecule has 0 aliphatic heterocycles. The number of nitrogens with one attached hydrogen (secondary N) is 1. The predicted molar refractivity (Wildman–Crippen MR) is 87.3 cm³/mol. The first kappa shape index (κ1) is 24.0. The fourth-order valence-electron chi connectivity index (χ4n) is 2.06. The average molecular weight is 426 g/mol. The van der Waals surface area contributed by atoms with Crippen LogP contribution in [0.4, 0.5) is 26.3 Å². The van der Waals surface area contributed by atoms with Gasteiger partial charge in [0.1, 0.15) is 6.04 Å². The molecule has 0 saturated heterocycles. The van der Waals surface area contributed by atoms with Crippen molar-refractivity contribution in [3.63, 3.8) is 0 Å². The minimum absolute atomic E-state index is 0.0796. The molecule has 6 nitrogen and oxygen atoms in total. The van der Waals surface area contributed by atoms with Crippen molar-refractivity contribution in [1.29, 1.82) is 0 Å². The van der Waals surface area contributed by atoms with Crippen LogP contribution in [0.25, 0.3) is 0 Å². The first-order valence-electron chi connectivity index (χ1n) is 7.98. The summed E-state index contributed by atoms with van der Waals surface area (Å²) < 4.78 is 81.8. The molecule has 0 heterocycles. The van der Waals surface area contributed by atoms with Crippen molar-refractivity contribution in [2.45, 2.75) is 31.7 Å². The standard InChI is InChI=1S/C17H16F6N2O4/c1-2-29-13(26)5-3-4-12(14(24)27)25-15(28)9-6-10(16(18,19)20)8-11(7-9)17(21,22)23/h3,5-8,12H,2,4H2,1H3,(H2,24,27)(H,25,28)/b5-3+/t12-/m0/s1. The molecule has 1 aromatic carbocycles. The summed E-state index contributed by atoms with van der Waals surface area (Å²) in [6.07, 6.45) is -8.58. The second-order valence-electron chi connectivity index (χ2n) is 5.61. The van der Waals surface area contributed by atoms with Crippen molar-refractivity contribution >= 4 is 17.8 Å². The number of carbonyl (C=O) groups excluding carboxylic acids is 3. The van der Waals surface area contributed by atoms with Crippen molar-refractivity contribution in [3.8, 4) is 0 Å². The van der Waals surface area contributed by atoms with Crippen LogP contribution < -0.4 is 11.1 Å². The minimum atomic E-state index is -5.14. The van der Waals surface area contributed by atoms with Gasteiger partial charge in [-0.05, 0) is 31.5 Å². The van der Waals surface area contributed by atoms with Crippen LogP contribution in [0.1, 0.15) is 34.8 Å². The second kappa shape index (κ2) is 9.43. The number of esters is 1. The summed E-state index contributed by atoms with van der Waals surface area (Å²) in [7, 11) is 0. The number of carbonyl (C=O) groups is 3. The molecule has 1 aromatic rings. The maximum Gasteiger partial charge on any atom is 0.416 e. The summed E-state index contributed by atoms with van der Waals surface area (Å²) in [5.41, 5.74) is 0.738. The van der Waals surface area contributed by atoms with Crippen LogP contribution in [0, 0.1) is 0 Å². The highest BCUT2D eigenvalue weighted by molar-refractivity contribution is 5.97. The zero-order chi connectivity index (χ0) is 22.4. The molecule has 3 N–H and O–H groups in total. The van der Waals surface area contributed by atoms with E-state index < -0.39 is 52.9 Å². The molecule has 0 aliphatic rings. The number of hydrogen-bond donors (Lipinski definition) is 2. The van der Waals surface area contributed by atoms with Gasteiger partial charge in [-0.2, -0.15) is 26.3 Å². The maximum absolute atomic E-state index is 12.9. The third kappa shape index (κ3) is 7.47. The van der Waals surface area contributed by atoms with Gasteiger partial charge in [0.25, 0.3) is 5.91 Å². The fraction of sp³-hybridized carbons (Fsp3) is 0.353. The van der Waals surface area contributed by atoms with E-state index in [1.807, 2.05) is 5.32 Å². The molecule has 0 fully saturated rings. The van der Waals surface area contributed by atoms with Gasteiger partial charge in [-0.1, -0.05) is 6.08 Å². The van der Waals surface area contributed by atoms with Crippen LogP contribution in [0.15, 0.2) is 30.4 Å². The summed E-state index contributed by atoms with van der Waals surface area (Å²) in [6, 6.07) is -1.18. The molecule has 0 unspecified atom stereocenters. The van der Waals surface area contributed by atoms with Crippen LogP contribution in [0.2, 0.25) is 0 Å². The zero-order valence-electron chi connectivity index (χ0n) is 14.9. The van der Waals surface area contributed by atoms with Gasteiger partial charge < -0.3 is 15.8 Å². The molecule has 1 rings (SSSR count). The normalized spacial score (nSPS) is 13.2. The van der Waals surface area contributed by atoms with Crippen LogP contribution in [0.3, 0.4) is 0 Å². The smallest absolute Gasteiger partial charge is 0.416 e. The van der Waals surface area contributed by atoms with Gasteiger partial charge in [0.05, 0.1) is 17.7 Å². The van der Waals surface area contributed by atoms with E-state index >= 15 is 0 Å². The van der Waals surface area contributed by atoms with Crippen molar-refractivity contribution in [2.24, 2.45) is 5.73 Å². The molecular formula is C17H16F6N2O4. The average Bonchev–Trinajstić information content (AvgIpc) is 2.58. The highest BCUT2D eigenvalue weighted by atomic mass is 19.4. The molecule has 0 spiro atoms. The number of rotatable bonds is 7. The molecule has 2 amide bonds. The van der Waals surface area contributed by atoms with E-state index in [9.17, 15) is 40.7 Å². The number of benzene rings is 1. The summed E-state index contributed by atoms with van der Waals surface area (Å²) in [6.45, 7) is 1.62. The highest BCUT2D eigenvalue weighted by Gasteiger charge is 2.37. The lowest BCUT2D eigenvalue weighted by Crippen LogP contribution is -2.44. The third-order valence-corrected chi connectivity index (χ3v) is 3.41. The number of primary amides is 1. The molecule has 1 atom stereocenters. The maximum atomic E-state index is 12.9. The van der Waals surface area contributed by atoms with E-state index in [1.165, 1.54) is 0 Å². The number of hydrogen-bond acceptors (Lipinski definition) is 4. The third-order valence-electron chi connectivity index (χ3n) is 3.41. The summed E-state index contributed by atoms with van der Waals surface area (Å²) in [4.78, 5) is 34.7. The molecule has 0 aromatic heterocycles. The summed E-state index contributed by atoms with van der Waals surface area (Å²) >= 11 is 0. The lowest BCUT2D eigenvalue weighted by atomic mass is 10.0. The second-order valence-corrected chi connectivity index (χ2v) is 5.61. The van der Waals surface area contributed by atoms with E-state index in [0.717, 1.165) is 12.2 Å². The SMILES string of the molecule is CCOC(=O)/C=C/C[C@H](NC(=O)c1cc(C(F)(F)F)cc(C(F)(F)F)c1)C(N)=O. The summed E-state index contributed by atoms with van der Waals surface area (Å²) in [5, 5.41) is 1.94. The molecule has 0 saturated carbocycles. The largest absolute Gasteiger partial charge is 0.463 e. The quantitative estimate of drug-likeness (QED) is 0.398. The molecule has 0 aliphatic carbocycles. The Morgan fingerprint density at radius 2 is 1.59 bits per heavy atom. The van der Waals surface area contributed by atoms with E-state index in [0.29, 0.717) is 0 Å². The van der Waals surface area contributed by atoms with Gasteiger partial charge in [-0.15, -0.1) is 0 Å². The van der Waals surface area contributed by atoms with Crippen molar-refractivity contribution < 1.29 is 45.5 Å². The lowest BCUT2D eigenvalue weighted by Gasteiger charge is -2.16. The molecule has 12 heteroatoms. The van der Waals surface area contributed by atoms with Gasteiger partial charge in [-0.3, -0.25) is 9.59 Å². The number of ether oxygens (including phenoxy) is 1. The van der Waals surface area contributed by atoms with Crippen LogP contribution >= 0.6 is 0 Å². The van der Waals surface area contributed by atoms with E-state index in [4.69, 9.17) is 5.73 Å². The predicted octanol–water partition coefficient (Wildman–Crippen LogP) is 2.82. The van der Waals surface area contributed by atoms with Crippen LogP contribution in [0.5, 0.6) is 0 Å². The zero-order valence-corrected chi connectivity index (χ0v) is 14.9. The van der Waals surface area contributed by atoms with Gasteiger partial charge in [0.15, 0.2) is 0 Å². The fourth-order valence-corrected chi connectivity index (χ4v) is 2.06. The highest BCUT2D eigenvalue weighted by Crippen LogP contribution is 2.36. The number of halogens is 6. The monoisotopic (exact) mass is 426 g/mol. The van der Waals surface area contributed by atoms with Crippen molar-refractivity contribution in [2.75, 3.05) is 6.61 Å². The number of amides is 2. The van der Waals surface area contributed by atoms with Crippen molar-refractivity contribution in [3.05, 3.63) is 47.0 Å². The Kier molecular flexibility index (Phi) is 7.80. The van der Waals surface area contributed by atoms with Crippen LogP contribution in [-0.2, 0) is 26.7 Å². The molecule has 29 heavy (non-hydrogen) atoms. The first-order valence-corrected chi connectivity index (χ1v) is 7.98. The minimum Gasteiger partial charge on any atom is -0.463 e. The molecule has 0 radical (unpaired) electrons. The Labute approximate surface area is 160 Å². The number of nitrogens with two attached hydrogens (primary N) is 1. The molecule has 160 valence electrons. The van der Waals surface area contributed by atoms with Gasteiger partial charge in [-0.25, -0.2) is 4.79 Å². The Bertz CT molecular complexity index is 770. The topological polar surface area (TPSA) is 98.5 Å². The number of alkyl halides is 6. The molecular weight excluding hydrogens is 410 g/mol. The molecule has 0 bridgehead atoms. The Morgan fingerprint density at radius 1 is 1.07 bits per heavy atom. The van der Waals surface area contributed by atoms with Gasteiger partial charge >= 0.3 is 18.3 Å². The van der Waals surface area contributed by atoms with Gasteiger partial charge in [0.2, 0.25) is 5.91 Å². The van der Waals surface area contributed by atoms with E-state index in [-0.39, 0.29) is 31.2 Å². The summed E-state index contributed by atoms with van der Waals surface area (Å²) in [5.74, 6) is -3.25.